The van der Waals surface area contributed by atoms with Crippen molar-refractivity contribution < 1.29 is 5.11 Å². The molecular weight excluding hydrogens is 204 g/mol. The summed E-state index contributed by atoms with van der Waals surface area (Å²) in [5.74, 6) is 1.87. The third-order valence-corrected chi connectivity index (χ3v) is 3.44. The Kier molecular flexibility index (Phi) is 5.20. The van der Waals surface area contributed by atoms with Gasteiger partial charge in [0.1, 0.15) is 0 Å². The Labute approximate surface area is 96.9 Å². The molecule has 0 bridgehead atoms. The van der Waals surface area contributed by atoms with Crippen LogP contribution >= 0.6 is 11.8 Å². The number of aliphatic hydroxyl groups is 1. The Bertz CT molecular complexity index is 294. The molecule has 0 amide bonds. The summed E-state index contributed by atoms with van der Waals surface area (Å²) in [4.78, 5) is 1.22. The highest BCUT2D eigenvalue weighted by Crippen LogP contribution is 2.28. The van der Waals surface area contributed by atoms with Gasteiger partial charge in [-0.25, -0.2) is 0 Å². The minimum absolute atomic E-state index is 0.368. The highest BCUT2D eigenvalue weighted by molar-refractivity contribution is 7.99. The van der Waals surface area contributed by atoms with Crippen LogP contribution in [0.5, 0.6) is 0 Å². The fourth-order valence-corrected chi connectivity index (χ4v) is 2.75. The topological polar surface area (TPSA) is 20.2 Å². The lowest BCUT2D eigenvalue weighted by molar-refractivity contribution is 0.196. The van der Waals surface area contributed by atoms with Crippen molar-refractivity contribution in [3.05, 3.63) is 29.8 Å². The van der Waals surface area contributed by atoms with E-state index >= 15 is 0 Å². The van der Waals surface area contributed by atoms with E-state index in [1.807, 2.05) is 36.9 Å². The summed E-state index contributed by atoms with van der Waals surface area (Å²) in [6.07, 6.45) is 0.853. The van der Waals surface area contributed by atoms with Crippen LogP contribution in [0.25, 0.3) is 0 Å². The van der Waals surface area contributed by atoms with Gasteiger partial charge >= 0.3 is 0 Å². The molecule has 1 rings (SSSR count). The van der Waals surface area contributed by atoms with Gasteiger partial charge in [0.2, 0.25) is 0 Å². The molecule has 0 fully saturated rings. The van der Waals surface area contributed by atoms with Gasteiger partial charge in [-0.2, -0.15) is 0 Å². The second-order valence-electron chi connectivity index (χ2n) is 4.24. The maximum Gasteiger partial charge on any atom is 0.0772 e. The molecule has 0 aliphatic heterocycles. The number of hydrogen-bond acceptors (Lipinski definition) is 2. The van der Waals surface area contributed by atoms with E-state index in [0.29, 0.717) is 0 Å². The molecule has 0 heterocycles. The molecule has 1 aromatic rings. The molecule has 1 N–H and O–H groups in total. The number of thioether (sulfide) groups is 1. The fraction of sp³-hybridized carbons (Fsp3) is 0.538. The lowest BCUT2D eigenvalue weighted by Gasteiger charge is -2.11. The lowest BCUT2D eigenvalue weighted by Crippen LogP contribution is -1.95. The SMILES string of the molecule is CC(C)CCSc1ccccc1C(C)O. The van der Waals surface area contributed by atoms with Crippen molar-refractivity contribution in [2.24, 2.45) is 5.92 Å². The Balaban J connectivity index is 2.59. The van der Waals surface area contributed by atoms with Gasteiger partial charge < -0.3 is 5.11 Å². The van der Waals surface area contributed by atoms with Crippen LogP contribution < -0.4 is 0 Å². The molecule has 1 unspecified atom stereocenters. The first kappa shape index (κ1) is 12.6. The van der Waals surface area contributed by atoms with Crippen LogP contribution in [0.4, 0.5) is 0 Å². The molecule has 15 heavy (non-hydrogen) atoms. The van der Waals surface area contributed by atoms with Gasteiger partial charge in [0.25, 0.3) is 0 Å². The summed E-state index contributed by atoms with van der Waals surface area (Å²) in [7, 11) is 0. The monoisotopic (exact) mass is 224 g/mol. The average molecular weight is 224 g/mol. The summed E-state index contributed by atoms with van der Waals surface area (Å²) in [5.41, 5.74) is 1.05. The molecular formula is C13H20OS. The Morgan fingerprint density at radius 3 is 2.47 bits per heavy atom. The fourth-order valence-electron chi connectivity index (χ4n) is 1.36. The van der Waals surface area contributed by atoms with E-state index < -0.39 is 0 Å². The Morgan fingerprint density at radius 1 is 1.20 bits per heavy atom. The first-order valence-electron chi connectivity index (χ1n) is 5.51. The summed E-state index contributed by atoms with van der Waals surface area (Å²) in [5, 5.41) is 9.60. The van der Waals surface area contributed by atoms with Crippen molar-refractivity contribution in [3.8, 4) is 0 Å². The standard InChI is InChI=1S/C13H20OS/c1-10(2)8-9-15-13-7-5-4-6-12(13)11(3)14/h4-7,10-11,14H,8-9H2,1-3H3. The van der Waals surface area contributed by atoms with Crippen LogP contribution in [-0.2, 0) is 0 Å². The molecule has 0 aromatic heterocycles. The van der Waals surface area contributed by atoms with E-state index in [1.165, 1.54) is 11.3 Å². The molecule has 2 heteroatoms. The van der Waals surface area contributed by atoms with Crippen molar-refractivity contribution in [2.45, 2.75) is 38.2 Å². The molecule has 0 radical (unpaired) electrons. The van der Waals surface area contributed by atoms with Crippen molar-refractivity contribution in [1.29, 1.82) is 0 Å². The lowest BCUT2D eigenvalue weighted by atomic mass is 10.1. The number of benzene rings is 1. The highest BCUT2D eigenvalue weighted by atomic mass is 32.2. The first-order chi connectivity index (χ1) is 7.11. The molecule has 1 nitrogen and oxygen atoms in total. The average Bonchev–Trinajstić information content (AvgIpc) is 2.17. The minimum atomic E-state index is -0.368. The van der Waals surface area contributed by atoms with Crippen LogP contribution in [0.15, 0.2) is 29.2 Å². The predicted molar refractivity (Wildman–Crippen MR) is 67.3 cm³/mol. The van der Waals surface area contributed by atoms with Crippen molar-refractivity contribution >= 4 is 11.8 Å². The molecule has 0 saturated carbocycles. The molecule has 1 atom stereocenters. The van der Waals surface area contributed by atoms with Gasteiger partial charge in [-0.1, -0.05) is 32.0 Å². The molecule has 84 valence electrons. The van der Waals surface area contributed by atoms with Gasteiger partial charge in [-0.15, -0.1) is 11.8 Å². The second-order valence-corrected chi connectivity index (χ2v) is 5.38. The highest BCUT2D eigenvalue weighted by Gasteiger charge is 2.07. The number of rotatable bonds is 5. The Morgan fingerprint density at radius 2 is 1.87 bits per heavy atom. The van der Waals surface area contributed by atoms with Gasteiger partial charge in [0.05, 0.1) is 6.10 Å². The van der Waals surface area contributed by atoms with E-state index in [1.54, 1.807) is 0 Å². The van der Waals surface area contributed by atoms with Gasteiger partial charge in [0.15, 0.2) is 0 Å². The maximum absolute atomic E-state index is 9.60. The van der Waals surface area contributed by atoms with Crippen LogP contribution in [0, 0.1) is 5.92 Å². The summed E-state index contributed by atoms with van der Waals surface area (Å²) >= 11 is 1.84. The molecule has 0 spiro atoms. The van der Waals surface area contributed by atoms with Crippen molar-refractivity contribution in [3.63, 3.8) is 0 Å². The van der Waals surface area contributed by atoms with Gasteiger partial charge in [-0.3, -0.25) is 0 Å². The van der Waals surface area contributed by atoms with Crippen LogP contribution in [-0.4, -0.2) is 10.9 Å². The van der Waals surface area contributed by atoms with Gasteiger partial charge in [0, 0.05) is 4.90 Å². The summed E-state index contributed by atoms with van der Waals surface area (Å²) in [6, 6.07) is 8.10. The van der Waals surface area contributed by atoms with E-state index in [-0.39, 0.29) is 6.10 Å². The molecule has 0 aliphatic carbocycles. The van der Waals surface area contributed by atoms with Crippen LogP contribution in [0.3, 0.4) is 0 Å². The quantitative estimate of drug-likeness (QED) is 0.766. The normalized spacial score (nSPS) is 13.1. The summed E-state index contributed by atoms with van der Waals surface area (Å²) < 4.78 is 0. The zero-order chi connectivity index (χ0) is 11.3. The zero-order valence-corrected chi connectivity index (χ0v) is 10.6. The largest absolute Gasteiger partial charge is 0.389 e. The number of aliphatic hydroxyl groups excluding tert-OH is 1. The third-order valence-electron chi connectivity index (χ3n) is 2.32. The third kappa shape index (κ3) is 4.27. The predicted octanol–water partition coefficient (Wildman–Crippen LogP) is 3.88. The van der Waals surface area contributed by atoms with E-state index in [2.05, 4.69) is 19.9 Å². The maximum atomic E-state index is 9.60. The smallest absolute Gasteiger partial charge is 0.0772 e. The van der Waals surface area contributed by atoms with Gasteiger partial charge in [-0.05, 0) is 36.6 Å². The van der Waals surface area contributed by atoms with E-state index in [4.69, 9.17) is 0 Å². The second kappa shape index (κ2) is 6.19. The molecule has 1 aromatic carbocycles. The Hall–Kier alpha value is -0.470. The van der Waals surface area contributed by atoms with E-state index in [0.717, 1.165) is 17.2 Å². The van der Waals surface area contributed by atoms with E-state index in [9.17, 15) is 5.11 Å². The minimum Gasteiger partial charge on any atom is -0.389 e. The zero-order valence-electron chi connectivity index (χ0n) is 9.73. The van der Waals surface area contributed by atoms with Crippen LogP contribution in [0.1, 0.15) is 38.9 Å². The van der Waals surface area contributed by atoms with Crippen LogP contribution in [0.2, 0.25) is 0 Å². The van der Waals surface area contributed by atoms with Crippen molar-refractivity contribution in [1.82, 2.24) is 0 Å². The molecule has 0 saturated heterocycles. The summed E-state index contributed by atoms with van der Waals surface area (Å²) in [6.45, 7) is 6.30. The molecule has 0 aliphatic rings. The van der Waals surface area contributed by atoms with Crippen molar-refractivity contribution in [2.75, 3.05) is 5.75 Å². The number of hydrogen-bond donors (Lipinski definition) is 1. The first-order valence-corrected chi connectivity index (χ1v) is 6.49.